The molecule has 0 bridgehead atoms. The molecule has 0 radical (unpaired) electrons. The molecule has 0 aliphatic heterocycles. The van der Waals surface area contributed by atoms with Crippen LogP contribution in [-0.2, 0) is 14.4 Å². The second-order valence-electron chi connectivity index (χ2n) is 7.63. The molecule has 178 valence electrons. The van der Waals surface area contributed by atoms with E-state index in [2.05, 4.69) is 0 Å². The third kappa shape index (κ3) is 6.34. The van der Waals surface area contributed by atoms with Crippen molar-refractivity contribution in [2.45, 2.75) is 40.5 Å². The molecule has 0 spiro atoms. The van der Waals surface area contributed by atoms with Crippen LogP contribution in [0.5, 0.6) is 23.0 Å². The van der Waals surface area contributed by atoms with Crippen LogP contribution in [-0.4, -0.2) is 30.9 Å². The van der Waals surface area contributed by atoms with Crippen LogP contribution in [0.15, 0.2) is 47.5 Å². The number of esters is 2. The van der Waals surface area contributed by atoms with Crippen LogP contribution in [0, 0.1) is 0 Å². The van der Waals surface area contributed by atoms with E-state index in [0.717, 1.165) is 11.1 Å². The summed E-state index contributed by atoms with van der Waals surface area (Å²) in [5.74, 6) is 0.704. The summed E-state index contributed by atoms with van der Waals surface area (Å²) in [4.78, 5) is 35.7. The Kier molecular flexibility index (Phi) is 8.24. The average Bonchev–Trinajstić information content (AvgIpc) is 3.11. The molecule has 0 aromatic heterocycles. The molecule has 7 heteroatoms. The minimum atomic E-state index is -0.429. The highest BCUT2D eigenvalue weighted by Gasteiger charge is 2.23. The summed E-state index contributed by atoms with van der Waals surface area (Å²) < 4.78 is 21.5. The van der Waals surface area contributed by atoms with Gasteiger partial charge in [0.25, 0.3) is 0 Å². The van der Waals surface area contributed by atoms with Gasteiger partial charge >= 0.3 is 11.9 Å². The third-order valence-electron chi connectivity index (χ3n) is 4.97. The van der Waals surface area contributed by atoms with E-state index in [-0.39, 0.29) is 5.78 Å². The van der Waals surface area contributed by atoms with Crippen molar-refractivity contribution in [3.05, 3.63) is 58.7 Å². The van der Waals surface area contributed by atoms with Gasteiger partial charge in [0, 0.05) is 25.0 Å². The number of ether oxygens (including phenoxy) is 4. The zero-order valence-electron chi connectivity index (χ0n) is 19.8. The number of carbonyl (C=O) groups excluding carboxylic acids is 3. The van der Waals surface area contributed by atoms with Crippen LogP contribution in [0.3, 0.4) is 0 Å². The number of hydrogen-bond donors (Lipinski definition) is 0. The van der Waals surface area contributed by atoms with Crippen LogP contribution >= 0.6 is 0 Å². The Hall–Kier alpha value is -3.87. The fraction of sp³-hybridized carbons (Fsp3) is 0.296. The Labute approximate surface area is 199 Å². The van der Waals surface area contributed by atoms with Crippen molar-refractivity contribution in [3.63, 3.8) is 0 Å². The van der Waals surface area contributed by atoms with Crippen molar-refractivity contribution in [2.24, 2.45) is 0 Å². The molecule has 0 amide bonds. The normalized spacial score (nSPS) is 15.5. The van der Waals surface area contributed by atoms with Gasteiger partial charge in [-0.05, 0) is 74.2 Å². The van der Waals surface area contributed by atoms with Gasteiger partial charge in [0.05, 0.1) is 13.2 Å². The Bertz CT molecular complexity index is 1070. The van der Waals surface area contributed by atoms with Crippen molar-refractivity contribution in [3.8, 4) is 23.0 Å². The fourth-order valence-electron chi connectivity index (χ4n) is 3.62. The molecule has 0 N–H and O–H groups in total. The van der Waals surface area contributed by atoms with Gasteiger partial charge in [0.2, 0.25) is 0 Å². The monoisotopic (exact) mass is 464 g/mol. The number of Topliss-reactive ketones (excluding diaryl/α,β-unsaturated/α-hetero) is 1. The first-order valence-corrected chi connectivity index (χ1v) is 11.2. The molecular weight excluding hydrogens is 436 g/mol. The SMILES string of the molecule is CCOc1cc(/C=C2\CC/C(=C\c3ccc(OC(C)=O)c(OCC)c3)C2=O)ccc1OC(C)=O. The van der Waals surface area contributed by atoms with Crippen molar-refractivity contribution < 1.29 is 33.3 Å². The molecule has 34 heavy (non-hydrogen) atoms. The summed E-state index contributed by atoms with van der Waals surface area (Å²) in [6.07, 6.45) is 4.89. The Morgan fingerprint density at radius 3 is 1.50 bits per heavy atom. The maximum atomic E-state index is 13.0. The molecule has 0 atom stereocenters. The second-order valence-corrected chi connectivity index (χ2v) is 7.63. The topological polar surface area (TPSA) is 88.1 Å². The minimum Gasteiger partial charge on any atom is -0.490 e. The van der Waals surface area contributed by atoms with E-state index in [1.165, 1.54) is 13.8 Å². The number of rotatable bonds is 8. The zero-order chi connectivity index (χ0) is 24.7. The molecule has 1 fully saturated rings. The average molecular weight is 465 g/mol. The summed E-state index contributed by atoms with van der Waals surface area (Å²) in [5, 5.41) is 0. The molecule has 0 saturated heterocycles. The first-order chi connectivity index (χ1) is 16.3. The lowest BCUT2D eigenvalue weighted by Gasteiger charge is -2.10. The van der Waals surface area contributed by atoms with E-state index in [1.807, 2.05) is 26.0 Å². The summed E-state index contributed by atoms with van der Waals surface area (Å²) in [6, 6.07) is 10.4. The predicted molar refractivity (Wildman–Crippen MR) is 128 cm³/mol. The van der Waals surface area contributed by atoms with Gasteiger partial charge in [-0.25, -0.2) is 0 Å². The van der Waals surface area contributed by atoms with Crippen molar-refractivity contribution in [1.82, 2.24) is 0 Å². The Balaban J connectivity index is 1.84. The third-order valence-corrected chi connectivity index (χ3v) is 4.97. The van der Waals surface area contributed by atoms with Crippen LogP contribution in [0.25, 0.3) is 12.2 Å². The van der Waals surface area contributed by atoms with E-state index < -0.39 is 11.9 Å². The highest BCUT2D eigenvalue weighted by molar-refractivity contribution is 6.15. The highest BCUT2D eigenvalue weighted by Crippen LogP contribution is 2.34. The van der Waals surface area contributed by atoms with E-state index >= 15 is 0 Å². The lowest BCUT2D eigenvalue weighted by molar-refractivity contribution is -0.132. The van der Waals surface area contributed by atoms with Crippen LogP contribution in [0.2, 0.25) is 0 Å². The van der Waals surface area contributed by atoms with Crippen molar-refractivity contribution in [1.29, 1.82) is 0 Å². The number of hydrogen-bond acceptors (Lipinski definition) is 7. The highest BCUT2D eigenvalue weighted by atomic mass is 16.6. The van der Waals surface area contributed by atoms with E-state index in [1.54, 1.807) is 36.4 Å². The summed E-state index contributed by atoms with van der Waals surface area (Å²) in [5.41, 5.74) is 2.95. The summed E-state index contributed by atoms with van der Waals surface area (Å²) >= 11 is 0. The first-order valence-electron chi connectivity index (χ1n) is 11.2. The first kappa shape index (κ1) is 24.8. The van der Waals surface area contributed by atoms with Crippen LogP contribution < -0.4 is 18.9 Å². The molecular formula is C27H28O7. The van der Waals surface area contributed by atoms with E-state index in [9.17, 15) is 14.4 Å². The maximum absolute atomic E-state index is 13.0. The molecule has 2 aromatic rings. The van der Waals surface area contributed by atoms with Gasteiger partial charge in [-0.1, -0.05) is 12.1 Å². The molecule has 1 aliphatic carbocycles. The van der Waals surface area contributed by atoms with Gasteiger partial charge < -0.3 is 18.9 Å². The second kappa shape index (κ2) is 11.3. The molecule has 7 nitrogen and oxygen atoms in total. The largest absolute Gasteiger partial charge is 0.490 e. The van der Waals surface area contributed by atoms with Gasteiger partial charge in [0.1, 0.15) is 0 Å². The number of ketones is 1. The quantitative estimate of drug-likeness (QED) is 0.303. The van der Waals surface area contributed by atoms with E-state index in [4.69, 9.17) is 18.9 Å². The lowest BCUT2D eigenvalue weighted by Crippen LogP contribution is -2.04. The molecule has 2 aromatic carbocycles. The molecule has 1 aliphatic rings. The lowest BCUT2D eigenvalue weighted by atomic mass is 10.1. The standard InChI is InChI=1S/C27H28O7/c1-5-31-25-15-19(7-11-23(25)33-17(3)28)13-21-9-10-22(27(21)30)14-20-8-12-24(34-18(4)29)26(16-20)32-6-2/h7-8,11-16H,5-6,9-10H2,1-4H3/b21-13+,22-14+. The fourth-order valence-corrected chi connectivity index (χ4v) is 3.62. The van der Waals surface area contributed by atoms with Gasteiger partial charge in [-0.3, -0.25) is 14.4 Å². The van der Waals surface area contributed by atoms with Crippen molar-refractivity contribution >= 4 is 29.9 Å². The van der Waals surface area contributed by atoms with Crippen LogP contribution in [0.1, 0.15) is 51.7 Å². The minimum absolute atomic E-state index is 0.0240. The molecule has 0 unspecified atom stereocenters. The van der Waals surface area contributed by atoms with Crippen LogP contribution in [0.4, 0.5) is 0 Å². The summed E-state index contributed by atoms with van der Waals surface area (Å²) in [6.45, 7) is 7.18. The number of allylic oxidation sites excluding steroid dienone is 2. The summed E-state index contributed by atoms with van der Waals surface area (Å²) in [7, 11) is 0. The molecule has 0 heterocycles. The number of carbonyl (C=O) groups is 3. The Morgan fingerprint density at radius 1 is 0.735 bits per heavy atom. The maximum Gasteiger partial charge on any atom is 0.308 e. The molecule has 3 rings (SSSR count). The van der Waals surface area contributed by atoms with E-state index in [0.29, 0.717) is 60.2 Å². The predicted octanol–water partition coefficient (Wildman–Crippen LogP) is 5.16. The van der Waals surface area contributed by atoms with Gasteiger partial charge in [-0.2, -0.15) is 0 Å². The smallest absolute Gasteiger partial charge is 0.308 e. The molecule has 1 saturated carbocycles. The van der Waals surface area contributed by atoms with Crippen molar-refractivity contribution in [2.75, 3.05) is 13.2 Å². The number of benzene rings is 2. The van der Waals surface area contributed by atoms with Gasteiger partial charge in [-0.15, -0.1) is 0 Å². The van der Waals surface area contributed by atoms with Gasteiger partial charge in [0.15, 0.2) is 28.8 Å². The Morgan fingerprint density at radius 2 is 1.15 bits per heavy atom. The zero-order valence-corrected chi connectivity index (χ0v) is 19.8.